The lowest BCUT2D eigenvalue weighted by Gasteiger charge is -2.23. The SMILES string of the molecule is CC/C=C(/N=C/C=C(\C)N1CC2CC2(c2cn[nH]c2)C1)c1ccc(C=C(C)C)c(C)c1. The van der Waals surface area contributed by atoms with Crippen molar-refractivity contribution in [1.29, 1.82) is 0 Å². The van der Waals surface area contributed by atoms with Gasteiger partial charge in [-0.15, -0.1) is 0 Å². The molecule has 2 heterocycles. The van der Waals surface area contributed by atoms with Crippen molar-refractivity contribution in [2.75, 3.05) is 13.1 Å². The maximum absolute atomic E-state index is 4.83. The molecule has 2 aliphatic rings. The van der Waals surface area contributed by atoms with Crippen LogP contribution in [0, 0.1) is 12.8 Å². The maximum Gasteiger partial charge on any atom is 0.0662 e. The van der Waals surface area contributed by atoms with Crippen LogP contribution in [0.4, 0.5) is 0 Å². The fourth-order valence-corrected chi connectivity index (χ4v) is 4.80. The van der Waals surface area contributed by atoms with Crippen LogP contribution in [0.1, 0.15) is 62.8 Å². The summed E-state index contributed by atoms with van der Waals surface area (Å²) in [4.78, 5) is 7.32. The molecule has 1 saturated heterocycles. The molecule has 1 saturated carbocycles. The van der Waals surface area contributed by atoms with Crippen molar-refractivity contribution in [3.8, 4) is 0 Å². The Balaban J connectivity index is 1.46. The molecule has 1 N–H and O–H groups in total. The van der Waals surface area contributed by atoms with Crippen molar-refractivity contribution in [1.82, 2.24) is 15.1 Å². The molecule has 2 fully saturated rings. The van der Waals surface area contributed by atoms with Gasteiger partial charge in [0.25, 0.3) is 0 Å². The number of hydrogen-bond acceptors (Lipinski definition) is 3. The van der Waals surface area contributed by atoms with Gasteiger partial charge in [-0.25, -0.2) is 0 Å². The standard InChI is InChI=1S/C27H34N4/c1-6-7-26(23-9-8-22(12-19(2)3)20(4)13-23)28-11-10-21(5)31-17-24-14-27(24,18-31)25-15-29-30-16-25/h7-13,15-16,24H,6,14,17-18H2,1-5H3,(H,29,30)/b21-10+,26-7+,28-11+. The number of fused-ring (bicyclic) bond motifs is 1. The number of aryl methyl sites for hydroxylation is 1. The molecule has 2 aromatic rings. The van der Waals surface area contributed by atoms with Crippen molar-refractivity contribution in [3.05, 3.63) is 76.3 Å². The average molecular weight is 415 g/mol. The highest BCUT2D eigenvalue weighted by Gasteiger charge is 2.61. The first-order valence-corrected chi connectivity index (χ1v) is 11.3. The minimum Gasteiger partial charge on any atom is -0.374 e. The zero-order valence-electron chi connectivity index (χ0n) is 19.4. The molecular weight excluding hydrogens is 380 g/mol. The van der Waals surface area contributed by atoms with Gasteiger partial charge in [0.05, 0.1) is 11.9 Å². The van der Waals surface area contributed by atoms with Gasteiger partial charge in [0.1, 0.15) is 0 Å². The zero-order valence-corrected chi connectivity index (χ0v) is 19.4. The fraction of sp³-hybridized carbons (Fsp3) is 0.407. The largest absolute Gasteiger partial charge is 0.374 e. The number of nitrogens with one attached hydrogen (secondary N) is 1. The van der Waals surface area contributed by atoms with E-state index in [1.807, 2.05) is 12.4 Å². The minimum atomic E-state index is 0.317. The number of nitrogens with zero attached hydrogens (tertiary/aromatic N) is 3. The van der Waals surface area contributed by atoms with Gasteiger partial charge < -0.3 is 4.90 Å². The first-order valence-electron chi connectivity index (χ1n) is 11.3. The lowest BCUT2D eigenvalue weighted by atomic mass is 9.99. The molecule has 0 spiro atoms. The molecule has 0 bridgehead atoms. The van der Waals surface area contributed by atoms with E-state index in [0.29, 0.717) is 5.41 Å². The summed E-state index contributed by atoms with van der Waals surface area (Å²) in [6, 6.07) is 6.62. The van der Waals surface area contributed by atoms with Gasteiger partial charge >= 0.3 is 0 Å². The summed E-state index contributed by atoms with van der Waals surface area (Å²) in [5.41, 5.74) is 9.05. The summed E-state index contributed by atoms with van der Waals surface area (Å²) in [6.45, 7) is 13.0. The summed E-state index contributed by atoms with van der Waals surface area (Å²) in [5, 5.41) is 7.14. The highest BCUT2D eigenvalue weighted by atomic mass is 15.2. The van der Waals surface area contributed by atoms with E-state index in [-0.39, 0.29) is 0 Å². The van der Waals surface area contributed by atoms with E-state index in [2.05, 4.69) is 92.3 Å². The third kappa shape index (κ3) is 4.43. The van der Waals surface area contributed by atoms with E-state index >= 15 is 0 Å². The van der Waals surface area contributed by atoms with Crippen LogP contribution in [-0.2, 0) is 5.41 Å². The molecular formula is C27H34N4. The normalized spacial score (nSPS) is 23.4. The van der Waals surface area contributed by atoms with Crippen molar-refractivity contribution < 1.29 is 0 Å². The number of aliphatic imine (C=N–C) groups is 1. The molecule has 0 amide bonds. The fourth-order valence-electron chi connectivity index (χ4n) is 4.80. The Hall–Kier alpha value is -2.88. The summed E-state index contributed by atoms with van der Waals surface area (Å²) in [7, 11) is 0. The van der Waals surface area contributed by atoms with Crippen molar-refractivity contribution >= 4 is 18.0 Å². The molecule has 1 aromatic heterocycles. The lowest BCUT2D eigenvalue weighted by molar-refractivity contribution is 0.373. The molecule has 162 valence electrons. The minimum absolute atomic E-state index is 0.317. The van der Waals surface area contributed by atoms with Crippen LogP contribution in [0.5, 0.6) is 0 Å². The number of rotatable bonds is 7. The number of benzene rings is 1. The Kier molecular flexibility index (Phi) is 5.99. The topological polar surface area (TPSA) is 44.3 Å². The second-order valence-electron chi connectivity index (χ2n) is 9.30. The third-order valence-electron chi connectivity index (χ3n) is 6.65. The molecule has 4 nitrogen and oxygen atoms in total. The summed E-state index contributed by atoms with van der Waals surface area (Å²) in [5.74, 6) is 0.753. The highest BCUT2D eigenvalue weighted by Crippen LogP contribution is 2.59. The summed E-state index contributed by atoms with van der Waals surface area (Å²) >= 11 is 0. The molecule has 1 aliphatic heterocycles. The maximum atomic E-state index is 4.83. The number of piperidine rings is 1. The van der Waals surface area contributed by atoms with Gasteiger partial charge in [0, 0.05) is 42.2 Å². The molecule has 1 aliphatic carbocycles. The van der Waals surface area contributed by atoms with Crippen LogP contribution in [-0.4, -0.2) is 34.4 Å². The predicted molar refractivity (Wildman–Crippen MR) is 131 cm³/mol. The van der Waals surface area contributed by atoms with Gasteiger partial charge in [-0.1, -0.05) is 36.8 Å². The van der Waals surface area contributed by atoms with Crippen molar-refractivity contribution in [2.24, 2.45) is 10.9 Å². The number of aromatic amines is 1. The predicted octanol–water partition coefficient (Wildman–Crippen LogP) is 6.14. The second kappa shape index (κ2) is 8.70. The van der Waals surface area contributed by atoms with Gasteiger partial charge in [0.15, 0.2) is 0 Å². The Morgan fingerprint density at radius 1 is 1.32 bits per heavy atom. The van der Waals surface area contributed by atoms with E-state index in [4.69, 9.17) is 4.99 Å². The van der Waals surface area contributed by atoms with Crippen molar-refractivity contribution in [3.63, 3.8) is 0 Å². The zero-order chi connectivity index (χ0) is 22.0. The monoisotopic (exact) mass is 414 g/mol. The van der Waals surface area contributed by atoms with E-state index < -0.39 is 0 Å². The molecule has 0 radical (unpaired) electrons. The van der Waals surface area contributed by atoms with Crippen LogP contribution in [0.2, 0.25) is 0 Å². The number of H-pyrrole nitrogens is 1. The first-order chi connectivity index (χ1) is 14.9. The number of allylic oxidation sites excluding steroid dienone is 4. The quantitative estimate of drug-likeness (QED) is 0.553. The number of likely N-dealkylation sites (tertiary alicyclic amines) is 1. The molecule has 4 heteroatoms. The van der Waals surface area contributed by atoms with E-state index in [0.717, 1.165) is 31.1 Å². The molecule has 4 rings (SSSR count). The van der Waals surface area contributed by atoms with Crippen molar-refractivity contribution in [2.45, 2.75) is 52.9 Å². The van der Waals surface area contributed by atoms with Crippen LogP contribution in [0.15, 0.2) is 59.0 Å². The average Bonchev–Trinajstić information content (AvgIpc) is 3.11. The van der Waals surface area contributed by atoms with Crippen LogP contribution >= 0.6 is 0 Å². The van der Waals surface area contributed by atoms with Gasteiger partial charge in [-0.3, -0.25) is 10.1 Å². The van der Waals surface area contributed by atoms with Gasteiger partial charge in [-0.2, -0.15) is 5.10 Å². The third-order valence-corrected chi connectivity index (χ3v) is 6.65. The summed E-state index contributed by atoms with van der Waals surface area (Å²) < 4.78 is 0. The number of aromatic nitrogens is 2. The van der Waals surface area contributed by atoms with E-state index in [1.165, 1.54) is 39.9 Å². The Morgan fingerprint density at radius 2 is 2.16 bits per heavy atom. The first kappa shape index (κ1) is 21.4. The molecule has 31 heavy (non-hydrogen) atoms. The Labute approximate surface area is 186 Å². The Morgan fingerprint density at radius 3 is 2.84 bits per heavy atom. The van der Waals surface area contributed by atoms with Crippen LogP contribution < -0.4 is 0 Å². The van der Waals surface area contributed by atoms with Gasteiger partial charge in [0.2, 0.25) is 0 Å². The van der Waals surface area contributed by atoms with Crippen LogP contribution in [0.25, 0.3) is 11.8 Å². The van der Waals surface area contributed by atoms with Crippen LogP contribution in [0.3, 0.4) is 0 Å². The highest BCUT2D eigenvalue weighted by molar-refractivity contribution is 5.81. The Bertz CT molecular complexity index is 1050. The smallest absolute Gasteiger partial charge is 0.0662 e. The molecule has 1 aromatic carbocycles. The second-order valence-corrected chi connectivity index (χ2v) is 9.30. The van der Waals surface area contributed by atoms with Gasteiger partial charge in [-0.05, 0) is 75.3 Å². The van der Waals surface area contributed by atoms with E-state index in [1.54, 1.807) is 0 Å². The summed E-state index contributed by atoms with van der Waals surface area (Å²) in [6.07, 6.45) is 14.9. The molecule has 2 atom stereocenters. The van der Waals surface area contributed by atoms with E-state index in [9.17, 15) is 0 Å². The number of hydrogen-bond donors (Lipinski definition) is 1. The molecule has 2 unspecified atom stereocenters. The lowest BCUT2D eigenvalue weighted by Crippen LogP contribution is -2.24.